The quantitative estimate of drug-likeness (QED) is 0.432. The molecule has 4 aromatic rings. The predicted molar refractivity (Wildman–Crippen MR) is 120 cm³/mol. The molecule has 4 rings (SSSR count). The van der Waals surface area contributed by atoms with Crippen LogP contribution in [0.25, 0.3) is 16.9 Å². The van der Waals surface area contributed by atoms with Gasteiger partial charge < -0.3 is 9.47 Å². The Morgan fingerprint density at radius 3 is 2.61 bits per heavy atom. The second kappa shape index (κ2) is 9.11. The number of aryl methyl sites for hydroxylation is 2. The Balaban J connectivity index is 1.55. The van der Waals surface area contributed by atoms with Crippen molar-refractivity contribution in [1.82, 2.24) is 30.0 Å². The maximum Gasteiger partial charge on any atom is 0.368 e. The topological polar surface area (TPSA) is 117 Å². The lowest BCUT2D eigenvalue weighted by Crippen LogP contribution is -2.23. The van der Waals surface area contributed by atoms with Crippen molar-refractivity contribution in [2.45, 2.75) is 27.4 Å². The molecule has 0 radical (unpaired) electrons. The molecule has 0 unspecified atom stereocenters. The van der Waals surface area contributed by atoms with Gasteiger partial charge in [0.25, 0.3) is 0 Å². The molecule has 0 bridgehead atoms. The van der Waals surface area contributed by atoms with E-state index in [1.54, 1.807) is 20.0 Å². The molecule has 2 heterocycles. The third-order valence-corrected chi connectivity index (χ3v) is 5.26. The summed E-state index contributed by atoms with van der Waals surface area (Å²) in [6, 6.07) is 13.1. The number of aromatic nitrogens is 6. The van der Waals surface area contributed by atoms with Gasteiger partial charge in [0.05, 0.1) is 18.0 Å². The number of para-hydroxylation sites is 1. The molecule has 0 aliphatic heterocycles. The maximum absolute atomic E-state index is 12.3. The van der Waals surface area contributed by atoms with Crippen molar-refractivity contribution in [3.05, 3.63) is 75.3 Å². The van der Waals surface area contributed by atoms with Crippen molar-refractivity contribution in [2.24, 2.45) is 7.05 Å². The van der Waals surface area contributed by atoms with Gasteiger partial charge in [-0.1, -0.05) is 18.2 Å². The van der Waals surface area contributed by atoms with E-state index in [4.69, 9.17) is 9.47 Å². The summed E-state index contributed by atoms with van der Waals surface area (Å²) >= 11 is 0. The van der Waals surface area contributed by atoms with Crippen molar-refractivity contribution < 1.29 is 14.3 Å². The number of carbonyl (C=O) groups is 1. The van der Waals surface area contributed by atoms with E-state index in [1.807, 2.05) is 50.2 Å². The molecule has 0 saturated carbocycles. The minimum atomic E-state index is -0.425. The summed E-state index contributed by atoms with van der Waals surface area (Å²) in [5.74, 6) is 0.269. The Morgan fingerprint density at radius 2 is 1.91 bits per heavy atom. The van der Waals surface area contributed by atoms with Crippen LogP contribution in [0.2, 0.25) is 0 Å². The Labute approximate surface area is 189 Å². The average molecular weight is 448 g/mol. The molecule has 1 N–H and O–H groups in total. The van der Waals surface area contributed by atoms with Crippen LogP contribution in [-0.2, 0) is 18.4 Å². The molecule has 2 aromatic heterocycles. The van der Waals surface area contributed by atoms with Crippen LogP contribution in [0.5, 0.6) is 5.75 Å². The predicted octanol–water partition coefficient (Wildman–Crippen LogP) is 2.73. The molecule has 0 aliphatic carbocycles. The van der Waals surface area contributed by atoms with Gasteiger partial charge in [-0.25, -0.2) is 9.59 Å². The summed E-state index contributed by atoms with van der Waals surface area (Å²) in [6.45, 7) is 6.07. The Bertz CT molecular complexity index is 1370. The van der Waals surface area contributed by atoms with E-state index in [2.05, 4.69) is 20.6 Å². The molecule has 0 spiro atoms. The lowest BCUT2D eigenvalue weighted by Gasteiger charge is -2.13. The van der Waals surface area contributed by atoms with Crippen molar-refractivity contribution >= 4 is 5.97 Å². The van der Waals surface area contributed by atoms with Crippen LogP contribution in [0.3, 0.4) is 0 Å². The molecule has 33 heavy (non-hydrogen) atoms. The zero-order valence-corrected chi connectivity index (χ0v) is 18.8. The third kappa shape index (κ3) is 4.27. The molecule has 2 aromatic carbocycles. The molecule has 0 aliphatic rings. The Morgan fingerprint density at radius 1 is 1.12 bits per heavy atom. The highest BCUT2D eigenvalue weighted by atomic mass is 16.5. The minimum absolute atomic E-state index is 0.244. The number of aromatic amines is 1. The highest BCUT2D eigenvalue weighted by molar-refractivity contribution is 5.91. The van der Waals surface area contributed by atoms with Crippen LogP contribution in [0, 0.1) is 13.8 Å². The fraction of sp³-hybridized carbons (Fsp3) is 0.261. The standard InChI is InChI=1S/C23H24N6O4/c1-5-32-22(30)21-15(3)20(24-25-21)16-10-11-19(14(2)12-16)33-13-17-8-6-7-9-18(17)29-23(31)28(4)26-27-29/h6-12H,5,13H2,1-4H3,(H,24,25). The molecular formula is C23H24N6O4. The van der Waals surface area contributed by atoms with Crippen molar-refractivity contribution in [1.29, 1.82) is 0 Å². The molecule has 10 nitrogen and oxygen atoms in total. The number of tetrazole rings is 1. The van der Waals surface area contributed by atoms with Gasteiger partial charge in [0, 0.05) is 23.7 Å². The fourth-order valence-corrected chi connectivity index (χ4v) is 3.50. The highest BCUT2D eigenvalue weighted by Gasteiger charge is 2.18. The van der Waals surface area contributed by atoms with Crippen LogP contribution in [0.1, 0.15) is 34.1 Å². The van der Waals surface area contributed by atoms with Crippen LogP contribution in [0.15, 0.2) is 47.3 Å². The minimum Gasteiger partial charge on any atom is -0.489 e. The second-order valence-electron chi connectivity index (χ2n) is 7.49. The monoisotopic (exact) mass is 448 g/mol. The highest BCUT2D eigenvalue weighted by Crippen LogP contribution is 2.29. The maximum atomic E-state index is 12.3. The SMILES string of the molecule is CCOC(=O)c1[nH]nc(-c2ccc(OCc3ccccc3-n3nnn(C)c3=O)c(C)c2)c1C. The number of ether oxygens (including phenoxy) is 2. The van der Waals surface area contributed by atoms with Crippen LogP contribution >= 0.6 is 0 Å². The normalized spacial score (nSPS) is 10.9. The molecule has 0 fully saturated rings. The van der Waals surface area contributed by atoms with Gasteiger partial charge in [0.2, 0.25) is 0 Å². The smallest absolute Gasteiger partial charge is 0.368 e. The van der Waals surface area contributed by atoms with Gasteiger partial charge in [0.1, 0.15) is 18.1 Å². The Hall–Kier alpha value is -4.21. The summed E-state index contributed by atoms with van der Waals surface area (Å²) in [6.07, 6.45) is 0. The number of benzene rings is 2. The van der Waals surface area contributed by atoms with Crippen molar-refractivity contribution in [3.63, 3.8) is 0 Å². The number of carbonyl (C=O) groups excluding carboxylic acids is 1. The first-order chi connectivity index (χ1) is 15.9. The summed E-state index contributed by atoms with van der Waals surface area (Å²) in [4.78, 5) is 24.3. The van der Waals surface area contributed by atoms with E-state index in [0.717, 1.165) is 22.3 Å². The zero-order chi connectivity index (χ0) is 23.5. The number of esters is 1. The van der Waals surface area contributed by atoms with Gasteiger partial charge in [-0.15, -0.1) is 0 Å². The summed E-state index contributed by atoms with van der Waals surface area (Å²) in [5.41, 5.74) is 4.59. The first kappa shape index (κ1) is 22.0. The lowest BCUT2D eigenvalue weighted by atomic mass is 10.0. The van der Waals surface area contributed by atoms with E-state index in [-0.39, 0.29) is 12.3 Å². The van der Waals surface area contributed by atoms with Gasteiger partial charge in [-0.3, -0.25) is 5.10 Å². The average Bonchev–Trinajstić information content (AvgIpc) is 3.35. The number of hydrogen-bond donors (Lipinski definition) is 1. The molecule has 0 amide bonds. The van der Waals surface area contributed by atoms with E-state index in [1.165, 1.54) is 9.36 Å². The number of hydrogen-bond acceptors (Lipinski definition) is 7. The lowest BCUT2D eigenvalue weighted by molar-refractivity contribution is 0.0518. The number of nitrogens with zero attached hydrogens (tertiary/aromatic N) is 5. The first-order valence-electron chi connectivity index (χ1n) is 10.4. The van der Waals surface area contributed by atoms with Crippen molar-refractivity contribution in [2.75, 3.05) is 6.61 Å². The summed E-state index contributed by atoms with van der Waals surface area (Å²) in [5, 5.41) is 14.8. The van der Waals surface area contributed by atoms with E-state index >= 15 is 0 Å². The Kier molecular flexibility index (Phi) is 6.07. The zero-order valence-electron chi connectivity index (χ0n) is 18.8. The second-order valence-corrected chi connectivity index (χ2v) is 7.49. The fourth-order valence-electron chi connectivity index (χ4n) is 3.50. The molecule has 0 atom stereocenters. The summed E-state index contributed by atoms with van der Waals surface area (Å²) in [7, 11) is 1.55. The van der Waals surface area contributed by atoms with Crippen LogP contribution < -0.4 is 10.4 Å². The molecular weight excluding hydrogens is 424 g/mol. The van der Waals surface area contributed by atoms with Gasteiger partial charge in [-0.2, -0.15) is 14.5 Å². The van der Waals surface area contributed by atoms with Crippen LogP contribution in [-0.4, -0.2) is 42.6 Å². The van der Waals surface area contributed by atoms with Crippen molar-refractivity contribution in [3.8, 4) is 22.7 Å². The third-order valence-electron chi connectivity index (χ3n) is 5.26. The molecule has 170 valence electrons. The largest absolute Gasteiger partial charge is 0.489 e. The van der Waals surface area contributed by atoms with E-state index < -0.39 is 5.97 Å². The van der Waals surface area contributed by atoms with Gasteiger partial charge in [0.15, 0.2) is 0 Å². The number of nitrogens with one attached hydrogen (secondary N) is 1. The molecule has 10 heteroatoms. The first-order valence-corrected chi connectivity index (χ1v) is 10.4. The van der Waals surface area contributed by atoms with Gasteiger partial charge in [-0.05, 0) is 61.0 Å². The molecule has 0 saturated heterocycles. The van der Waals surface area contributed by atoms with Gasteiger partial charge >= 0.3 is 11.7 Å². The van der Waals surface area contributed by atoms with E-state index in [9.17, 15) is 9.59 Å². The van der Waals surface area contributed by atoms with E-state index in [0.29, 0.717) is 29.4 Å². The van der Waals surface area contributed by atoms with Crippen LogP contribution in [0.4, 0.5) is 0 Å². The number of rotatable bonds is 7. The number of H-pyrrole nitrogens is 1. The summed E-state index contributed by atoms with van der Waals surface area (Å²) < 4.78 is 13.5.